The normalized spacial score (nSPS) is 16.1. The molecular weight excluding hydrogens is 376 g/mol. The minimum absolute atomic E-state index is 0.373. The van der Waals surface area contributed by atoms with Crippen LogP contribution in [-0.4, -0.2) is 64.1 Å². The van der Waals surface area contributed by atoms with Gasteiger partial charge in [0.25, 0.3) is 0 Å². The number of ether oxygens (including phenoxy) is 2. The van der Waals surface area contributed by atoms with Gasteiger partial charge in [0.2, 0.25) is 10.0 Å². The van der Waals surface area contributed by atoms with Crippen molar-refractivity contribution in [3.05, 3.63) is 54.1 Å². The molecule has 152 valence electrons. The molecule has 1 fully saturated rings. The second-order valence-corrected chi connectivity index (χ2v) is 8.88. The zero-order valence-electron chi connectivity index (χ0n) is 16.5. The van der Waals surface area contributed by atoms with Gasteiger partial charge in [-0.1, -0.05) is 23.8 Å². The van der Waals surface area contributed by atoms with E-state index in [4.69, 9.17) is 9.47 Å². The highest BCUT2D eigenvalue weighted by Gasteiger charge is 2.28. The minimum Gasteiger partial charge on any atom is -0.497 e. The van der Waals surface area contributed by atoms with E-state index in [1.807, 2.05) is 43.3 Å². The Labute approximate surface area is 167 Å². The van der Waals surface area contributed by atoms with E-state index < -0.39 is 10.0 Å². The van der Waals surface area contributed by atoms with Crippen LogP contribution < -0.4 is 9.47 Å². The van der Waals surface area contributed by atoms with E-state index in [1.54, 1.807) is 23.5 Å². The largest absolute Gasteiger partial charge is 0.497 e. The molecule has 1 aliphatic rings. The Morgan fingerprint density at radius 2 is 1.64 bits per heavy atom. The molecule has 7 heteroatoms. The van der Waals surface area contributed by atoms with Crippen LogP contribution in [0.3, 0.4) is 0 Å². The molecule has 0 N–H and O–H groups in total. The molecule has 0 radical (unpaired) electrons. The highest BCUT2D eigenvalue weighted by Crippen LogP contribution is 2.20. The van der Waals surface area contributed by atoms with E-state index in [9.17, 15) is 8.42 Å². The molecule has 0 amide bonds. The number of hydrogen-bond acceptors (Lipinski definition) is 5. The Morgan fingerprint density at radius 1 is 0.964 bits per heavy atom. The first-order valence-corrected chi connectivity index (χ1v) is 11.0. The molecule has 0 atom stereocenters. The molecule has 0 bridgehead atoms. The van der Waals surface area contributed by atoms with Gasteiger partial charge in [-0.3, -0.25) is 0 Å². The summed E-state index contributed by atoms with van der Waals surface area (Å²) in [5, 5.41) is 0. The van der Waals surface area contributed by atoms with Crippen molar-refractivity contribution < 1.29 is 17.9 Å². The van der Waals surface area contributed by atoms with Crippen LogP contribution in [0.4, 0.5) is 0 Å². The van der Waals surface area contributed by atoms with Crippen LogP contribution in [0.2, 0.25) is 0 Å². The number of sulfonamides is 1. The Kier molecular flexibility index (Phi) is 6.93. The third kappa shape index (κ3) is 5.25. The number of methoxy groups -OCH3 is 1. The Hall–Kier alpha value is -2.09. The summed E-state index contributed by atoms with van der Waals surface area (Å²) < 4.78 is 38.0. The minimum atomic E-state index is -3.40. The van der Waals surface area contributed by atoms with Crippen molar-refractivity contribution in [1.29, 1.82) is 0 Å². The van der Waals surface area contributed by atoms with Crippen LogP contribution in [0.25, 0.3) is 0 Å². The van der Waals surface area contributed by atoms with Gasteiger partial charge in [0.15, 0.2) is 0 Å². The third-order valence-corrected chi connectivity index (χ3v) is 6.83. The second-order valence-electron chi connectivity index (χ2n) is 6.94. The third-order valence-electron chi connectivity index (χ3n) is 4.92. The van der Waals surface area contributed by atoms with Gasteiger partial charge in [0, 0.05) is 38.8 Å². The molecule has 0 spiro atoms. The maximum Gasteiger partial charge on any atom is 0.243 e. The zero-order chi connectivity index (χ0) is 20.0. The van der Waals surface area contributed by atoms with Gasteiger partial charge in [-0.25, -0.2) is 8.42 Å². The average molecular weight is 405 g/mol. The van der Waals surface area contributed by atoms with Crippen molar-refractivity contribution in [2.24, 2.45) is 0 Å². The second kappa shape index (κ2) is 9.41. The van der Waals surface area contributed by atoms with Crippen LogP contribution in [0.5, 0.6) is 11.5 Å². The summed E-state index contributed by atoms with van der Waals surface area (Å²) in [5.74, 6) is 1.58. The summed E-state index contributed by atoms with van der Waals surface area (Å²) in [4.78, 5) is 2.66. The van der Waals surface area contributed by atoms with Gasteiger partial charge in [0.05, 0.1) is 18.6 Å². The standard InChI is InChI=1S/C21H28N2O4S/c1-18-7-9-21(10-8-18)28(24,25)23-14-12-22(13-15-23)11-4-16-27-20-6-3-5-19(17-20)26-2/h3,5-10,17H,4,11-16H2,1-2H3. The topological polar surface area (TPSA) is 59.1 Å². The first kappa shape index (κ1) is 20.6. The average Bonchev–Trinajstić information content (AvgIpc) is 2.72. The molecule has 0 unspecified atom stereocenters. The lowest BCUT2D eigenvalue weighted by Crippen LogP contribution is -2.48. The quantitative estimate of drug-likeness (QED) is 0.633. The molecular formula is C21H28N2O4S. The SMILES string of the molecule is COc1cccc(OCCCN2CCN(S(=O)(=O)c3ccc(C)cc3)CC2)c1. The summed E-state index contributed by atoms with van der Waals surface area (Å²) in [6.07, 6.45) is 0.891. The van der Waals surface area contributed by atoms with Crippen LogP contribution in [-0.2, 0) is 10.0 Å². The first-order valence-electron chi connectivity index (χ1n) is 9.55. The molecule has 28 heavy (non-hydrogen) atoms. The molecule has 0 saturated carbocycles. The van der Waals surface area contributed by atoms with Crippen molar-refractivity contribution in [2.45, 2.75) is 18.2 Å². The molecule has 6 nitrogen and oxygen atoms in total. The lowest BCUT2D eigenvalue weighted by atomic mass is 10.2. The predicted octanol–water partition coefficient (Wildman–Crippen LogP) is 2.78. The Balaban J connectivity index is 1.42. The van der Waals surface area contributed by atoms with Crippen molar-refractivity contribution in [3.63, 3.8) is 0 Å². The molecule has 1 heterocycles. The predicted molar refractivity (Wildman–Crippen MR) is 109 cm³/mol. The molecule has 2 aromatic carbocycles. The van der Waals surface area contributed by atoms with Crippen LogP contribution in [0, 0.1) is 6.92 Å². The molecule has 0 aliphatic carbocycles. The van der Waals surface area contributed by atoms with Crippen LogP contribution in [0.1, 0.15) is 12.0 Å². The van der Waals surface area contributed by atoms with Gasteiger partial charge in [0.1, 0.15) is 11.5 Å². The van der Waals surface area contributed by atoms with E-state index in [0.29, 0.717) is 24.6 Å². The summed E-state index contributed by atoms with van der Waals surface area (Å²) >= 11 is 0. The van der Waals surface area contributed by atoms with Crippen molar-refractivity contribution in [2.75, 3.05) is 46.4 Å². The van der Waals surface area contributed by atoms with Crippen molar-refractivity contribution in [3.8, 4) is 11.5 Å². The highest BCUT2D eigenvalue weighted by molar-refractivity contribution is 7.89. The van der Waals surface area contributed by atoms with Gasteiger partial charge < -0.3 is 14.4 Å². The molecule has 1 saturated heterocycles. The number of nitrogens with zero attached hydrogens (tertiary/aromatic N) is 2. The van der Waals surface area contributed by atoms with E-state index >= 15 is 0 Å². The summed E-state index contributed by atoms with van der Waals surface area (Å²) in [6, 6.07) is 14.6. The molecule has 1 aliphatic heterocycles. The highest BCUT2D eigenvalue weighted by atomic mass is 32.2. The van der Waals surface area contributed by atoms with Crippen LogP contribution >= 0.6 is 0 Å². The van der Waals surface area contributed by atoms with E-state index in [0.717, 1.165) is 43.1 Å². The van der Waals surface area contributed by atoms with Crippen molar-refractivity contribution in [1.82, 2.24) is 9.21 Å². The van der Waals surface area contributed by atoms with E-state index in [2.05, 4.69) is 4.90 Å². The van der Waals surface area contributed by atoms with Gasteiger partial charge >= 0.3 is 0 Å². The fourth-order valence-electron chi connectivity index (χ4n) is 3.22. The smallest absolute Gasteiger partial charge is 0.243 e. The fraction of sp³-hybridized carbons (Fsp3) is 0.429. The Morgan fingerprint density at radius 3 is 2.32 bits per heavy atom. The van der Waals surface area contributed by atoms with Crippen molar-refractivity contribution >= 4 is 10.0 Å². The van der Waals surface area contributed by atoms with E-state index in [-0.39, 0.29) is 0 Å². The van der Waals surface area contributed by atoms with Gasteiger partial charge in [-0.05, 0) is 37.6 Å². The summed E-state index contributed by atoms with van der Waals surface area (Å²) in [5.41, 5.74) is 1.06. The summed E-state index contributed by atoms with van der Waals surface area (Å²) in [6.45, 7) is 5.99. The van der Waals surface area contributed by atoms with Crippen LogP contribution in [0.15, 0.2) is 53.4 Å². The van der Waals surface area contributed by atoms with Gasteiger partial charge in [-0.2, -0.15) is 4.31 Å². The fourth-order valence-corrected chi connectivity index (χ4v) is 4.64. The first-order chi connectivity index (χ1) is 13.5. The monoisotopic (exact) mass is 404 g/mol. The lowest BCUT2D eigenvalue weighted by Gasteiger charge is -2.34. The summed E-state index contributed by atoms with van der Waals surface area (Å²) in [7, 11) is -1.76. The molecule has 0 aromatic heterocycles. The molecule has 2 aromatic rings. The molecule has 3 rings (SSSR count). The zero-order valence-corrected chi connectivity index (χ0v) is 17.3. The number of aryl methyl sites for hydroxylation is 1. The van der Waals surface area contributed by atoms with E-state index in [1.165, 1.54) is 0 Å². The van der Waals surface area contributed by atoms with Gasteiger partial charge in [-0.15, -0.1) is 0 Å². The number of hydrogen-bond donors (Lipinski definition) is 0. The maximum atomic E-state index is 12.8. The number of rotatable bonds is 8. The number of piperazine rings is 1. The Bertz CT molecular complexity index is 860. The lowest BCUT2D eigenvalue weighted by molar-refractivity contribution is 0.174. The number of benzene rings is 2. The maximum absolute atomic E-state index is 12.8.